The summed E-state index contributed by atoms with van der Waals surface area (Å²) in [5, 5.41) is 19.2. The van der Waals surface area contributed by atoms with Crippen molar-refractivity contribution in [1.82, 2.24) is 9.47 Å². The van der Waals surface area contributed by atoms with Crippen molar-refractivity contribution >= 4 is 35.4 Å². The van der Waals surface area contributed by atoms with E-state index in [0.717, 1.165) is 13.0 Å². The average molecular weight is 368 g/mol. The summed E-state index contributed by atoms with van der Waals surface area (Å²) in [6.45, 7) is 2.49. The average Bonchev–Trinajstić information content (AvgIpc) is 3.11. The van der Waals surface area contributed by atoms with Crippen molar-refractivity contribution in [2.45, 2.75) is 36.6 Å². The lowest BCUT2D eigenvalue weighted by molar-refractivity contribution is -0.671. The number of aryl methyl sites for hydroxylation is 2. The number of amides is 1. The number of hydrogen-bond donors (Lipinski definition) is 2. The molecule has 0 spiro atoms. The first-order chi connectivity index (χ1) is 11.4. The van der Waals surface area contributed by atoms with Gasteiger partial charge >= 0.3 is 5.97 Å². The minimum Gasteiger partial charge on any atom is -0.477 e. The van der Waals surface area contributed by atoms with Gasteiger partial charge in [-0.2, -0.15) is 0 Å². The molecule has 0 aromatic carbocycles. The van der Waals surface area contributed by atoms with Crippen LogP contribution in [0.15, 0.2) is 22.5 Å². The standard InChI is InChI=1S/C15H17N3O4S2/c1-7(19)10-12(20)18-11(14(21)22)15(24-13(10)18)23-9-3-4-17-6-16(2)5-8(9)17/h5-7,9-10,13,19H,3-4H2,1-2H3/p+1/t7-,9+,10+,13-/m1/s1. The van der Waals surface area contributed by atoms with Crippen molar-refractivity contribution in [3.05, 3.63) is 28.2 Å². The van der Waals surface area contributed by atoms with Crippen LogP contribution in [0.5, 0.6) is 0 Å². The molecule has 1 amide bonds. The lowest BCUT2D eigenvalue weighted by Crippen LogP contribution is -2.60. The summed E-state index contributed by atoms with van der Waals surface area (Å²) in [4.78, 5) is 25.3. The monoisotopic (exact) mass is 368 g/mol. The SMILES string of the molecule is C[C@@H](O)[C@H]1C(=O)N2C(C(=O)O)=C(S[C@H]3CCn4c[n+](C)cc43)S[C@H]12. The van der Waals surface area contributed by atoms with Gasteiger partial charge in [0.05, 0.1) is 35.1 Å². The molecule has 1 saturated heterocycles. The molecule has 0 bridgehead atoms. The van der Waals surface area contributed by atoms with E-state index in [-0.39, 0.29) is 22.2 Å². The fourth-order valence-electron chi connectivity index (χ4n) is 3.54. The van der Waals surface area contributed by atoms with Crippen LogP contribution in [-0.2, 0) is 23.2 Å². The van der Waals surface area contributed by atoms with Crippen molar-refractivity contribution in [3.8, 4) is 0 Å². The van der Waals surface area contributed by atoms with Crippen molar-refractivity contribution in [2.75, 3.05) is 0 Å². The summed E-state index contributed by atoms with van der Waals surface area (Å²) >= 11 is 2.92. The molecule has 4 rings (SSSR count). The number of hydrogen-bond acceptors (Lipinski definition) is 5. The molecule has 7 nitrogen and oxygen atoms in total. The van der Waals surface area contributed by atoms with Crippen LogP contribution < -0.4 is 4.57 Å². The minimum absolute atomic E-state index is 0.0753. The van der Waals surface area contributed by atoms with Crippen LogP contribution in [0.1, 0.15) is 24.3 Å². The van der Waals surface area contributed by atoms with Gasteiger partial charge in [0.15, 0.2) is 11.4 Å². The molecule has 2 N–H and O–H groups in total. The van der Waals surface area contributed by atoms with E-state index in [1.54, 1.807) is 6.92 Å². The molecule has 9 heteroatoms. The van der Waals surface area contributed by atoms with E-state index in [1.807, 2.05) is 17.9 Å². The van der Waals surface area contributed by atoms with Crippen LogP contribution in [-0.4, -0.2) is 43.0 Å². The fraction of sp³-hybridized carbons (Fsp3) is 0.533. The summed E-state index contributed by atoms with van der Waals surface area (Å²) in [6, 6.07) is 0. The predicted octanol–water partition coefficient (Wildman–Crippen LogP) is 0.656. The van der Waals surface area contributed by atoms with Gasteiger partial charge in [-0.3, -0.25) is 9.69 Å². The first-order valence-corrected chi connectivity index (χ1v) is 9.51. The number of β-lactam (4-membered cyclic amide) rings is 1. The number of aliphatic carboxylic acids is 1. The summed E-state index contributed by atoms with van der Waals surface area (Å²) in [5.74, 6) is -1.90. The third-order valence-corrected chi connectivity index (χ3v) is 7.57. The number of carboxylic acids is 1. The highest BCUT2D eigenvalue weighted by Crippen LogP contribution is 2.57. The Hall–Kier alpha value is -1.45. The van der Waals surface area contributed by atoms with E-state index in [9.17, 15) is 19.8 Å². The minimum atomic E-state index is -1.08. The van der Waals surface area contributed by atoms with Gasteiger partial charge in [-0.1, -0.05) is 11.8 Å². The maximum absolute atomic E-state index is 12.2. The Kier molecular flexibility index (Phi) is 3.70. The van der Waals surface area contributed by atoms with E-state index in [2.05, 4.69) is 10.8 Å². The Morgan fingerprint density at radius 2 is 2.29 bits per heavy atom. The van der Waals surface area contributed by atoms with Crippen LogP contribution in [0, 0.1) is 5.92 Å². The van der Waals surface area contributed by atoms with Gasteiger partial charge in [0, 0.05) is 6.42 Å². The number of carbonyl (C=O) groups is 2. The second-order valence-electron chi connectivity index (χ2n) is 6.35. The molecule has 0 radical (unpaired) electrons. The van der Waals surface area contributed by atoms with Crippen molar-refractivity contribution < 1.29 is 24.4 Å². The molecule has 4 atom stereocenters. The normalized spacial score (nSPS) is 29.5. The topological polar surface area (TPSA) is 86.7 Å². The van der Waals surface area contributed by atoms with Crippen LogP contribution in [0.2, 0.25) is 0 Å². The predicted molar refractivity (Wildman–Crippen MR) is 88.6 cm³/mol. The Morgan fingerprint density at radius 3 is 2.96 bits per heavy atom. The molecular formula is C15H18N3O4S2+. The number of imidazole rings is 1. The number of carboxylic acid groups (broad SMARTS) is 1. The third kappa shape index (κ3) is 2.21. The molecular weight excluding hydrogens is 350 g/mol. The zero-order chi connectivity index (χ0) is 17.2. The Bertz CT molecular complexity index is 773. The van der Waals surface area contributed by atoms with E-state index in [4.69, 9.17) is 0 Å². The number of aliphatic hydroxyl groups is 1. The summed E-state index contributed by atoms with van der Waals surface area (Å²) < 4.78 is 4.85. The number of aliphatic hydroxyl groups excluding tert-OH is 1. The maximum Gasteiger partial charge on any atom is 0.354 e. The summed E-state index contributed by atoms with van der Waals surface area (Å²) in [5.41, 5.74) is 1.25. The molecule has 0 saturated carbocycles. The highest BCUT2D eigenvalue weighted by molar-refractivity contribution is 8.22. The first-order valence-electron chi connectivity index (χ1n) is 7.76. The lowest BCUT2D eigenvalue weighted by atomic mass is 9.92. The maximum atomic E-state index is 12.2. The highest BCUT2D eigenvalue weighted by atomic mass is 32.2. The van der Waals surface area contributed by atoms with E-state index in [0.29, 0.717) is 4.24 Å². The number of rotatable bonds is 4. The van der Waals surface area contributed by atoms with Crippen molar-refractivity contribution in [2.24, 2.45) is 13.0 Å². The van der Waals surface area contributed by atoms with Gasteiger partial charge < -0.3 is 10.2 Å². The van der Waals surface area contributed by atoms with E-state index >= 15 is 0 Å². The lowest BCUT2D eigenvalue weighted by Gasteiger charge is -2.43. The van der Waals surface area contributed by atoms with Gasteiger partial charge in [-0.05, 0) is 6.92 Å². The molecule has 3 aliphatic rings. The second kappa shape index (κ2) is 5.53. The molecule has 128 valence electrons. The third-order valence-electron chi connectivity index (χ3n) is 4.67. The Balaban J connectivity index is 1.61. The first kappa shape index (κ1) is 16.0. The van der Waals surface area contributed by atoms with Gasteiger partial charge in [-0.25, -0.2) is 13.9 Å². The van der Waals surface area contributed by atoms with Crippen molar-refractivity contribution in [3.63, 3.8) is 0 Å². The number of thioether (sulfide) groups is 2. The van der Waals surface area contributed by atoms with Crippen LogP contribution in [0.4, 0.5) is 0 Å². The van der Waals surface area contributed by atoms with Gasteiger partial charge in [0.2, 0.25) is 12.2 Å². The molecule has 0 aliphatic carbocycles. The summed E-state index contributed by atoms with van der Waals surface area (Å²) in [6.07, 6.45) is 4.26. The van der Waals surface area contributed by atoms with Gasteiger partial charge in [0.1, 0.15) is 11.6 Å². The van der Waals surface area contributed by atoms with Crippen LogP contribution >= 0.6 is 23.5 Å². The van der Waals surface area contributed by atoms with Crippen LogP contribution in [0.25, 0.3) is 0 Å². The molecule has 4 heterocycles. The fourth-order valence-corrected chi connectivity index (χ4v) is 6.83. The number of aromatic nitrogens is 2. The van der Waals surface area contributed by atoms with Gasteiger partial charge in [-0.15, -0.1) is 11.8 Å². The molecule has 1 aromatic heterocycles. The second-order valence-corrected chi connectivity index (χ2v) is 8.95. The van der Waals surface area contributed by atoms with Crippen molar-refractivity contribution in [1.29, 1.82) is 0 Å². The zero-order valence-electron chi connectivity index (χ0n) is 13.2. The zero-order valence-corrected chi connectivity index (χ0v) is 14.9. The quantitative estimate of drug-likeness (QED) is 0.600. The molecule has 1 fully saturated rings. The number of nitrogens with zero attached hydrogens (tertiary/aromatic N) is 3. The Morgan fingerprint density at radius 1 is 1.54 bits per heavy atom. The molecule has 1 aromatic rings. The van der Waals surface area contributed by atoms with Gasteiger partial charge in [0.25, 0.3) is 0 Å². The molecule has 3 aliphatic heterocycles. The number of carbonyl (C=O) groups excluding carboxylic acids is 1. The number of fused-ring (bicyclic) bond motifs is 2. The molecule has 0 unspecified atom stereocenters. The van der Waals surface area contributed by atoms with E-state index in [1.165, 1.54) is 34.1 Å². The summed E-state index contributed by atoms with van der Waals surface area (Å²) in [7, 11) is 1.97. The Labute approximate surface area is 147 Å². The van der Waals surface area contributed by atoms with E-state index < -0.39 is 18.0 Å². The highest BCUT2D eigenvalue weighted by Gasteiger charge is 2.58. The van der Waals surface area contributed by atoms with Crippen LogP contribution in [0.3, 0.4) is 0 Å². The smallest absolute Gasteiger partial charge is 0.354 e. The largest absolute Gasteiger partial charge is 0.477 e. The molecule has 24 heavy (non-hydrogen) atoms.